The van der Waals surface area contributed by atoms with Gasteiger partial charge in [0.25, 0.3) is 0 Å². The molecule has 3 atom stereocenters. The lowest BCUT2D eigenvalue weighted by atomic mass is 9.76. The lowest BCUT2D eigenvalue weighted by Gasteiger charge is -2.39. The van der Waals surface area contributed by atoms with Crippen molar-refractivity contribution in [2.75, 3.05) is 19.7 Å². The topological polar surface area (TPSA) is 65.1 Å². The highest BCUT2D eigenvalue weighted by molar-refractivity contribution is 6.31. The van der Waals surface area contributed by atoms with Crippen LogP contribution in [0.5, 0.6) is 0 Å². The average Bonchev–Trinajstić information content (AvgIpc) is 3.68. The van der Waals surface area contributed by atoms with E-state index >= 15 is 8.78 Å². The van der Waals surface area contributed by atoms with E-state index in [1.54, 1.807) is 12.1 Å². The third kappa shape index (κ3) is 9.32. The van der Waals surface area contributed by atoms with E-state index in [-0.39, 0.29) is 26.6 Å². The van der Waals surface area contributed by atoms with Crippen molar-refractivity contribution in [1.29, 1.82) is 5.26 Å². The Balaban J connectivity index is 1.36. The van der Waals surface area contributed by atoms with Crippen LogP contribution in [0.1, 0.15) is 79.0 Å². The maximum atomic E-state index is 16.0. The molecule has 1 aromatic heterocycles. The zero-order valence-corrected chi connectivity index (χ0v) is 34.0. The molecular weight excluding hydrogens is 757 g/mol. The molecule has 0 aliphatic carbocycles. The summed E-state index contributed by atoms with van der Waals surface area (Å²) in [5.74, 6) is -3.51. The molecule has 0 saturated heterocycles. The summed E-state index contributed by atoms with van der Waals surface area (Å²) in [6, 6.07) is 41.5. The van der Waals surface area contributed by atoms with E-state index in [0.29, 0.717) is 25.9 Å². The number of rotatable bonds is 16. The Morgan fingerprint density at radius 3 is 1.91 bits per heavy atom. The standard InChI is InChI=1S/C48H48Cl2F2N4O/c1-47(2,3)26-28-55(44(32-57)45(40-22-13-23-42(50)46(40)52)41(30-53)39-25-24-37(49)29-43(39)51)27-14-21-38-31-56(33-54-38)48(34-15-7-4-8-16-34,35-17-9-5-10-18-35)36-19-11-6-12-20-36/h4-13,15-20,22-25,29,31,33,41,44-45,57H,14,21,26-28,32H2,1-3H3. The zero-order chi connectivity index (χ0) is 40.6. The van der Waals surface area contributed by atoms with Crippen molar-refractivity contribution in [3.05, 3.63) is 195 Å². The quantitative estimate of drug-likeness (QED) is 0.0990. The molecule has 3 unspecified atom stereocenters. The Kier molecular flexibility index (Phi) is 13.6. The number of hydrogen-bond donors (Lipinski definition) is 1. The summed E-state index contributed by atoms with van der Waals surface area (Å²) in [6.45, 7) is 7.05. The van der Waals surface area contributed by atoms with Gasteiger partial charge in [-0.15, -0.1) is 0 Å². The molecule has 6 aromatic rings. The molecule has 0 radical (unpaired) electrons. The summed E-state index contributed by atoms with van der Waals surface area (Å²) in [4.78, 5) is 7.06. The van der Waals surface area contributed by atoms with Gasteiger partial charge in [0.1, 0.15) is 17.2 Å². The van der Waals surface area contributed by atoms with Crippen LogP contribution in [-0.2, 0) is 12.0 Å². The predicted molar refractivity (Wildman–Crippen MR) is 226 cm³/mol. The molecule has 6 rings (SSSR count). The molecule has 1 heterocycles. The Hall–Kier alpha value is -4.84. The first kappa shape index (κ1) is 41.8. The Morgan fingerprint density at radius 2 is 1.39 bits per heavy atom. The van der Waals surface area contributed by atoms with Crippen molar-refractivity contribution in [3.63, 3.8) is 0 Å². The molecule has 0 spiro atoms. The summed E-state index contributed by atoms with van der Waals surface area (Å²) in [6.07, 6.45) is 6.00. The van der Waals surface area contributed by atoms with Crippen LogP contribution in [0.25, 0.3) is 0 Å². The second-order valence-electron chi connectivity index (χ2n) is 15.7. The minimum absolute atomic E-state index is 0.0691. The minimum atomic E-state index is -1.16. The Bertz CT molecular complexity index is 2160. The molecule has 0 bridgehead atoms. The van der Waals surface area contributed by atoms with Gasteiger partial charge in [0, 0.05) is 28.7 Å². The molecule has 0 aliphatic heterocycles. The molecule has 0 saturated carbocycles. The van der Waals surface area contributed by atoms with Crippen molar-refractivity contribution >= 4 is 23.2 Å². The van der Waals surface area contributed by atoms with Crippen LogP contribution in [0, 0.1) is 28.4 Å². The first-order valence-corrected chi connectivity index (χ1v) is 20.1. The second kappa shape index (κ2) is 18.6. The average molecular weight is 806 g/mol. The van der Waals surface area contributed by atoms with Crippen molar-refractivity contribution in [2.24, 2.45) is 5.41 Å². The van der Waals surface area contributed by atoms with Crippen LogP contribution >= 0.6 is 23.2 Å². The van der Waals surface area contributed by atoms with Crippen LogP contribution in [0.4, 0.5) is 8.78 Å². The SMILES string of the molecule is CC(C)(C)CCN(CCCc1cn(C(c2ccccc2)(c2ccccc2)c2ccccc2)cn1)C(CO)C(c1cccc(Cl)c1F)C(C#N)c1ccc(Cl)cc1F. The fraction of sp³-hybridized carbons (Fsp3) is 0.292. The fourth-order valence-electron chi connectivity index (χ4n) is 7.99. The molecule has 1 N–H and O–H groups in total. The highest BCUT2D eigenvalue weighted by Gasteiger charge is 2.40. The molecular formula is C48H48Cl2F2N4O. The number of imidazole rings is 1. The van der Waals surface area contributed by atoms with Crippen LogP contribution in [0.3, 0.4) is 0 Å². The van der Waals surface area contributed by atoms with E-state index in [0.717, 1.165) is 34.9 Å². The summed E-state index contributed by atoms with van der Waals surface area (Å²) in [5.41, 5.74) is 3.60. The number of nitrogens with zero attached hydrogens (tertiary/aromatic N) is 4. The Labute approximate surface area is 345 Å². The molecule has 0 amide bonds. The lowest BCUT2D eigenvalue weighted by Crippen LogP contribution is -2.46. The van der Waals surface area contributed by atoms with Gasteiger partial charge < -0.3 is 9.67 Å². The smallest absolute Gasteiger partial charge is 0.145 e. The number of nitriles is 1. The third-order valence-electron chi connectivity index (χ3n) is 10.8. The highest BCUT2D eigenvalue weighted by Crippen LogP contribution is 2.43. The van der Waals surface area contributed by atoms with E-state index in [1.807, 2.05) is 24.5 Å². The lowest BCUT2D eigenvalue weighted by molar-refractivity contribution is 0.0862. The molecule has 9 heteroatoms. The summed E-state index contributed by atoms with van der Waals surface area (Å²) in [5, 5.41) is 22.0. The van der Waals surface area contributed by atoms with Gasteiger partial charge in [-0.25, -0.2) is 13.8 Å². The number of benzene rings is 5. The van der Waals surface area contributed by atoms with Crippen molar-refractivity contribution in [2.45, 2.75) is 63.5 Å². The fourth-order valence-corrected chi connectivity index (χ4v) is 8.33. The number of aromatic nitrogens is 2. The molecule has 294 valence electrons. The first-order chi connectivity index (χ1) is 27.5. The van der Waals surface area contributed by atoms with Crippen molar-refractivity contribution in [3.8, 4) is 6.07 Å². The number of aliphatic hydroxyl groups excluding tert-OH is 1. The molecule has 0 aliphatic rings. The molecule has 5 aromatic carbocycles. The van der Waals surface area contributed by atoms with E-state index in [2.05, 4.69) is 115 Å². The van der Waals surface area contributed by atoms with Crippen LogP contribution in [0.15, 0.2) is 140 Å². The normalized spacial score (nSPS) is 13.6. The van der Waals surface area contributed by atoms with E-state index in [4.69, 9.17) is 28.2 Å². The van der Waals surface area contributed by atoms with Gasteiger partial charge in [-0.05, 0) is 78.2 Å². The maximum absolute atomic E-state index is 16.0. The summed E-state index contributed by atoms with van der Waals surface area (Å²) in [7, 11) is 0. The van der Waals surface area contributed by atoms with E-state index < -0.39 is 41.7 Å². The van der Waals surface area contributed by atoms with Gasteiger partial charge in [0.05, 0.1) is 35.6 Å². The third-order valence-corrected chi connectivity index (χ3v) is 11.4. The monoisotopic (exact) mass is 804 g/mol. The number of halogens is 4. The van der Waals surface area contributed by atoms with Crippen LogP contribution in [-0.4, -0.2) is 45.3 Å². The van der Waals surface area contributed by atoms with Gasteiger partial charge in [-0.3, -0.25) is 4.90 Å². The van der Waals surface area contributed by atoms with Crippen LogP contribution < -0.4 is 0 Å². The molecule has 57 heavy (non-hydrogen) atoms. The summed E-state index contributed by atoms with van der Waals surface area (Å²) < 4.78 is 33.8. The summed E-state index contributed by atoms with van der Waals surface area (Å²) >= 11 is 12.4. The maximum Gasteiger partial charge on any atom is 0.145 e. The number of aryl methyl sites for hydroxylation is 1. The van der Waals surface area contributed by atoms with Crippen LogP contribution in [0.2, 0.25) is 10.0 Å². The van der Waals surface area contributed by atoms with E-state index in [1.165, 1.54) is 18.2 Å². The largest absolute Gasteiger partial charge is 0.395 e. The molecule has 0 fully saturated rings. The number of aliphatic hydroxyl groups is 1. The number of hydrogen-bond acceptors (Lipinski definition) is 4. The highest BCUT2D eigenvalue weighted by atomic mass is 35.5. The van der Waals surface area contributed by atoms with Gasteiger partial charge in [-0.2, -0.15) is 5.26 Å². The second-order valence-corrected chi connectivity index (χ2v) is 16.6. The van der Waals surface area contributed by atoms with Gasteiger partial charge in [-0.1, -0.05) is 153 Å². The first-order valence-electron chi connectivity index (χ1n) is 19.3. The van der Waals surface area contributed by atoms with Crippen molar-refractivity contribution in [1.82, 2.24) is 14.5 Å². The minimum Gasteiger partial charge on any atom is -0.395 e. The van der Waals surface area contributed by atoms with Gasteiger partial charge in [0.2, 0.25) is 0 Å². The van der Waals surface area contributed by atoms with Gasteiger partial charge in [0.15, 0.2) is 0 Å². The Morgan fingerprint density at radius 1 is 0.789 bits per heavy atom. The van der Waals surface area contributed by atoms with Gasteiger partial charge >= 0.3 is 0 Å². The zero-order valence-electron chi connectivity index (χ0n) is 32.5. The van der Waals surface area contributed by atoms with Crippen molar-refractivity contribution < 1.29 is 13.9 Å². The molecule has 5 nitrogen and oxygen atoms in total. The van der Waals surface area contributed by atoms with E-state index in [9.17, 15) is 10.4 Å². The predicted octanol–water partition coefficient (Wildman–Crippen LogP) is 11.4.